The highest BCUT2D eigenvalue weighted by Gasteiger charge is 1.97. The molecule has 0 aliphatic rings. The first-order valence-electron chi connectivity index (χ1n) is 4.05. The molecule has 2 N–H and O–H groups in total. The van der Waals surface area contributed by atoms with Gasteiger partial charge in [-0.2, -0.15) is 5.10 Å². The topological polar surface area (TPSA) is 66.9 Å². The highest BCUT2D eigenvalue weighted by atomic mass is 16.1. The predicted molar refractivity (Wildman–Crippen MR) is 49.2 cm³/mol. The first kappa shape index (κ1) is 9.44. The van der Waals surface area contributed by atoms with Crippen molar-refractivity contribution in [2.75, 3.05) is 18.9 Å². The van der Waals surface area contributed by atoms with Crippen LogP contribution < -0.4 is 10.6 Å². The van der Waals surface area contributed by atoms with Crippen LogP contribution in [0.2, 0.25) is 0 Å². The summed E-state index contributed by atoms with van der Waals surface area (Å²) in [6, 6.07) is 3.59. The van der Waals surface area contributed by atoms with E-state index in [1.54, 1.807) is 25.4 Å². The molecule has 1 rings (SSSR count). The minimum atomic E-state index is 0.0105. The van der Waals surface area contributed by atoms with Gasteiger partial charge in [0.15, 0.2) is 0 Å². The van der Waals surface area contributed by atoms with Crippen molar-refractivity contribution in [1.29, 1.82) is 0 Å². The molecule has 1 aromatic rings. The van der Waals surface area contributed by atoms with Crippen LogP contribution in [0.1, 0.15) is 6.42 Å². The molecule has 0 bridgehead atoms. The summed E-state index contributed by atoms with van der Waals surface area (Å²) in [6.45, 7) is 0.568. The number of nitrogens with one attached hydrogen (secondary N) is 2. The molecule has 1 aromatic heterocycles. The molecule has 0 unspecified atom stereocenters. The van der Waals surface area contributed by atoms with Gasteiger partial charge < -0.3 is 10.6 Å². The van der Waals surface area contributed by atoms with Crippen LogP contribution in [0.15, 0.2) is 18.3 Å². The van der Waals surface area contributed by atoms with E-state index in [1.807, 2.05) is 0 Å². The molecule has 13 heavy (non-hydrogen) atoms. The van der Waals surface area contributed by atoms with Crippen LogP contribution in [-0.2, 0) is 4.79 Å². The molecule has 1 amide bonds. The molecule has 1 heterocycles. The van der Waals surface area contributed by atoms with Gasteiger partial charge >= 0.3 is 0 Å². The summed E-state index contributed by atoms with van der Waals surface area (Å²) in [7, 11) is 1.62. The fraction of sp³-hybridized carbons (Fsp3) is 0.375. The number of carbonyl (C=O) groups excluding carboxylic acids is 1. The van der Waals surface area contributed by atoms with Crippen molar-refractivity contribution in [2.45, 2.75) is 6.42 Å². The second-order valence-corrected chi connectivity index (χ2v) is 2.46. The molecule has 0 spiro atoms. The van der Waals surface area contributed by atoms with Crippen molar-refractivity contribution in [3.8, 4) is 0 Å². The van der Waals surface area contributed by atoms with Crippen molar-refractivity contribution in [3.05, 3.63) is 18.3 Å². The lowest BCUT2D eigenvalue weighted by Crippen LogP contribution is -2.21. The Bertz CT molecular complexity index is 262. The summed E-state index contributed by atoms with van der Waals surface area (Å²) < 4.78 is 0. The lowest BCUT2D eigenvalue weighted by Gasteiger charge is -2.02. The Hall–Kier alpha value is -1.65. The van der Waals surface area contributed by atoms with Crippen LogP contribution in [0.3, 0.4) is 0 Å². The third-order valence-corrected chi connectivity index (χ3v) is 1.51. The van der Waals surface area contributed by atoms with Crippen LogP contribution >= 0.6 is 0 Å². The Morgan fingerprint density at radius 3 is 3.08 bits per heavy atom. The van der Waals surface area contributed by atoms with Crippen LogP contribution in [0.5, 0.6) is 0 Å². The summed E-state index contributed by atoms with van der Waals surface area (Å²) in [5.41, 5.74) is 0. The standard InChI is InChI=1S/C8H12N4O/c1-9-8(13)4-6-10-7-3-2-5-11-12-7/h2-3,5H,4,6H2,1H3,(H,9,13)(H,10,12). The Balaban J connectivity index is 2.24. The van der Waals surface area contributed by atoms with Crippen LogP contribution in [-0.4, -0.2) is 29.7 Å². The molecule has 0 radical (unpaired) electrons. The van der Waals surface area contributed by atoms with E-state index < -0.39 is 0 Å². The van der Waals surface area contributed by atoms with Gasteiger partial charge in [0, 0.05) is 26.2 Å². The second-order valence-electron chi connectivity index (χ2n) is 2.46. The molecule has 5 heteroatoms. The maximum atomic E-state index is 10.8. The lowest BCUT2D eigenvalue weighted by atomic mass is 10.4. The van der Waals surface area contributed by atoms with Crippen molar-refractivity contribution < 1.29 is 4.79 Å². The van der Waals surface area contributed by atoms with Gasteiger partial charge in [-0.3, -0.25) is 4.79 Å². The molecule has 0 fully saturated rings. The second kappa shape index (κ2) is 5.08. The largest absolute Gasteiger partial charge is 0.368 e. The zero-order valence-electron chi connectivity index (χ0n) is 7.45. The van der Waals surface area contributed by atoms with Gasteiger partial charge in [0.25, 0.3) is 0 Å². The summed E-state index contributed by atoms with van der Waals surface area (Å²) in [6.07, 6.45) is 2.04. The third-order valence-electron chi connectivity index (χ3n) is 1.51. The fourth-order valence-electron chi connectivity index (χ4n) is 0.825. The zero-order valence-corrected chi connectivity index (χ0v) is 7.45. The van der Waals surface area contributed by atoms with Crippen molar-refractivity contribution >= 4 is 11.7 Å². The molecule has 0 aliphatic carbocycles. The van der Waals surface area contributed by atoms with Gasteiger partial charge in [-0.15, -0.1) is 5.10 Å². The third kappa shape index (κ3) is 3.50. The fourth-order valence-corrected chi connectivity index (χ4v) is 0.825. The monoisotopic (exact) mass is 180 g/mol. The van der Waals surface area contributed by atoms with E-state index in [0.29, 0.717) is 18.8 Å². The number of amides is 1. The highest BCUT2D eigenvalue weighted by molar-refractivity contribution is 5.75. The van der Waals surface area contributed by atoms with Crippen molar-refractivity contribution in [2.24, 2.45) is 0 Å². The maximum Gasteiger partial charge on any atom is 0.221 e. The molecule has 5 nitrogen and oxygen atoms in total. The average Bonchev–Trinajstić information content (AvgIpc) is 2.19. The average molecular weight is 180 g/mol. The molecule has 0 saturated carbocycles. The molecule has 0 aliphatic heterocycles. The van der Waals surface area contributed by atoms with Crippen LogP contribution in [0.25, 0.3) is 0 Å². The first-order valence-corrected chi connectivity index (χ1v) is 4.05. The van der Waals surface area contributed by atoms with E-state index in [4.69, 9.17) is 0 Å². The Morgan fingerprint density at radius 1 is 1.62 bits per heavy atom. The molecule has 0 atom stereocenters. The van der Waals surface area contributed by atoms with E-state index in [9.17, 15) is 4.79 Å². The minimum absolute atomic E-state index is 0.0105. The van der Waals surface area contributed by atoms with Gasteiger partial charge in [0.1, 0.15) is 5.82 Å². The maximum absolute atomic E-state index is 10.8. The normalized spacial score (nSPS) is 9.31. The number of hydrogen-bond acceptors (Lipinski definition) is 4. The Labute approximate surface area is 76.6 Å². The number of carbonyl (C=O) groups is 1. The van der Waals surface area contributed by atoms with E-state index in [1.165, 1.54) is 0 Å². The van der Waals surface area contributed by atoms with E-state index >= 15 is 0 Å². The van der Waals surface area contributed by atoms with Gasteiger partial charge in [0.2, 0.25) is 5.91 Å². The zero-order chi connectivity index (χ0) is 9.52. The number of nitrogens with zero attached hydrogens (tertiary/aromatic N) is 2. The van der Waals surface area contributed by atoms with Crippen LogP contribution in [0, 0.1) is 0 Å². The van der Waals surface area contributed by atoms with E-state index in [-0.39, 0.29) is 5.91 Å². The molecule has 0 aromatic carbocycles. The van der Waals surface area contributed by atoms with Gasteiger partial charge in [-0.05, 0) is 12.1 Å². The summed E-state index contributed by atoms with van der Waals surface area (Å²) in [4.78, 5) is 10.8. The molecule has 70 valence electrons. The highest BCUT2D eigenvalue weighted by Crippen LogP contribution is 1.96. The quantitative estimate of drug-likeness (QED) is 0.685. The minimum Gasteiger partial charge on any atom is -0.368 e. The summed E-state index contributed by atoms with van der Waals surface area (Å²) in [5, 5.41) is 13.0. The van der Waals surface area contributed by atoms with E-state index in [2.05, 4.69) is 20.8 Å². The molecular formula is C8H12N4O. The number of anilines is 1. The van der Waals surface area contributed by atoms with Gasteiger partial charge in [-0.25, -0.2) is 0 Å². The lowest BCUT2D eigenvalue weighted by molar-refractivity contribution is -0.120. The number of hydrogen-bond donors (Lipinski definition) is 2. The van der Waals surface area contributed by atoms with Crippen molar-refractivity contribution in [3.63, 3.8) is 0 Å². The predicted octanol–water partition coefficient (Wildman–Crippen LogP) is 0.0246. The Morgan fingerprint density at radius 2 is 2.46 bits per heavy atom. The Kier molecular flexibility index (Phi) is 3.69. The van der Waals surface area contributed by atoms with E-state index in [0.717, 1.165) is 0 Å². The van der Waals surface area contributed by atoms with Crippen molar-refractivity contribution in [1.82, 2.24) is 15.5 Å². The summed E-state index contributed by atoms with van der Waals surface area (Å²) >= 11 is 0. The van der Waals surface area contributed by atoms with Gasteiger partial charge in [-0.1, -0.05) is 0 Å². The first-order chi connectivity index (χ1) is 6.33. The molecular weight excluding hydrogens is 168 g/mol. The molecule has 0 saturated heterocycles. The SMILES string of the molecule is CNC(=O)CCNc1cccnn1. The van der Waals surface area contributed by atoms with Crippen LogP contribution in [0.4, 0.5) is 5.82 Å². The summed E-state index contributed by atoms with van der Waals surface area (Å²) in [5.74, 6) is 0.697. The van der Waals surface area contributed by atoms with Gasteiger partial charge in [0.05, 0.1) is 0 Å². The number of aromatic nitrogens is 2. The number of rotatable bonds is 4. The smallest absolute Gasteiger partial charge is 0.221 e.